The average molecular weight is 207 g/mol. The molecule has 1 fully saturated rings. The molecule has 0 aliphatic carbocycles. The normalized spacial score (nSPS) is 29.4. The van der Waals surface area contributed by atoms with Gasteiger partial charge in [0, 0.05) is 19.1 Å². The molecule has 4 nitrogen and oxygen atoms in total. The minimum Gasteiger partial charge on any atom is -0.378 e. The van der Waals surface area contributed by atoms with Crippen molar-refractivity contribution in [1.82, 2.24) is 4.72 Å². The number of ether oxygens (including phenoxy) is 1. The monoisotopic (exact) mass is 207 g/mol. The van der Waals surface area contributed by atoms with Gasteiger partial charge in [0.2, 0.25) is 10.0 Å². The lowest BCUT2D eigenvalue weighted by Gasteiger charge is -2.14. The van der Waals surface area contributed by atoms with E-state index in [1.165, 1.54) is 0 Å². The van der Waals surface area contributed by atoms with Crippen LogP contribution in [0.1, 0.15) is 20.3 Å². The van der Waals surface area contributed by atoms with E-state index in [9.17, 15) is 8.42 Å². The van der Waals surface area contributed by atoms with Gasteiger partial charge in [-0.15, -0.1) is 0 Å². The fourth-order valence-electron chi connectivity index (χ4n) is 1.38. The van der Waals surface area contributed by atoms with E-state index in [-0.39, 0.29) is 11.9 Å². The van der Waals surface area contributed by atoms with E-state index < -0.39 is 10.0 Å². The first kappa shape index (κ1) is 10.9. The second kappa shape index (κ2) is 4.39. The lowest BCUT2D eigenvalue weighted by atomic mass is 10.0. The van der Waals surface area contributed by atoms with E-state index in [1.807, 2.05) is 6.92 Å². The Balaban J connectivity index is 2.34. The molecule has 0 aromatic carbocycles. The van der Waals surface area contributed by atoms with Gasteiger partial charge in [0.1, 0.15) is 0 Å². The summed E-state index contributed by atoms with van der Waals surface area (Å²) in [5.41, 5.74) is 0. The largest absolute Gasteiger partial charge is 0.378 e. The van der Waals surface area contributed by atoms with Gasteiger partial charge in [-0.05, 0) is 20.3 Å². The molecule has 0 amide bonds. The molecule has 1 heterocycles. The summed E-state index contributed by atoms with van der Waals surface area (Å²) in [6, 6.07) is 0. The quantitative estimate of drug-likeness (QED) is 0.723. The van der Waals surface area contributed by atoms with Crippen LogP contribution in [0.5, 0.6) is 0 Å². The maximum absolute atomic E-state index is 11.1. The predicted molar refractivity (Wildman–Crippen MR) is 51.0 cm³/mol. The molecule has 5 heteroatoms. The highest BCUT2D eigenvalue weighted by Crippen LogP contribution is 2.19. The van der Waals surface area contributed by atoms with E-state index >= 15 is 0 Å². The molecule has 78 valence electrons. The number of sulfonamides is 1. The molecule has 2 atom stereocenters. The Labute approximate surface area is 79.7 Å². The Kier molecular flexibility index (Phi) is 3.70. The van der Waals surface area contributed by atoms with Gasteiger partial charge in [-0.2, -0.15) is 0 Å². The smallest absolute Gasteiger partial charge is 0.211 e. The van der Waals surface area contributed by atoms with Crippen LogP contribution in [0.3, 0.4) is 0 Å². The van der Waals surface area contributed by atoms with Gasteiger partial charge in [-0.25, -0.2) is 13.1 Å². The van der Waals surface area contributed by atoms with Crippen molar-refractivity contribution in [1.29, 1.82) is 0 Å². The van der Waals surface area contributed by atoms with Gasteiger partial charge >= 0.3 is 0 Å². The molecule has 0 radical (unpaired) electrons. The third kappa shape index (κ3) is 3.25. The highest BCUT2D eigenvalue weighted by molar-refractivity contribution is 7.89. The van der Waals surface area contributed by atoms with Gasteiger partial charge in [0.15, 0.2) is 0 Å². The van der Waals surface area contributed by atoms with Gasteiger partial charge < -0.3 is 4.74 Å². The predicted octanol–water partition coefficient (Wildman–Crippen LogP) is 0.351. The summed E-state index contributed by atoms with van der Waals surface area (Å²) in [7, 11) is -3.04. The van der Waals surface area contributed by atoms with Crippen LogP contribution in [0.25, 0.3) is 0 Å². The maximum atomic E-state index is 11.1. The fourth-order valence-corrected chi connectivity index (χ4v) is 2.05. The second-order valence-electron chi connectivity index (χ2n) is 3.38. The van der Waals surface area contributed by atoms with E-state index in [1.54, 1.807) is 6.92 Å². The zero-order valence-electron chi connectivity index (χ0n) is 8.12. The molecule has 1 aliphatic heterocycles. The van der Waals surface area contributed by atoms with Crippen LogP contribution in [0, 0.1) is 5.92 Å². The average Bonchev–Trinajstić information content (AvgIpc) is 2.48. The van der Waals surface area contributed by atoms with Crippen LogP contribution in [0.2, 0.25) is 0 Å². The first-order valence-corrected chi connectivity index (χ1v) is 6.29. The van der Waals surface area contributed by atoms with Crippen LogP contribution in [-0.2, 0) is 14.8 Å². The third-order valence-electron chi connectivity index (χ3n) is 2.48. The van der Waals surface area contributed by atoms with Gasteiger partial charge in [-0.3, -0.25) is 0 Å². The number of hydrogen-bond donors (Lipinski definition) is 1. The summed E-state index contributed by atoms with van der Waals surface area (Å²) in [5.74, 6) is 0.482. The van der Waals surface area contributed by atoms with Crippen LogP contribution in [0.15, 0.2) is 0 Å². The highest BCUT2D eigenvalue weighted by Gasteiger charge is 2.24. The third-order valence-corrected chi connectivity index (χ3v) is 3.85. The molecule has 2 unspecified atom stereocenters. The van der Waals surface area contributed by atoms with Crippen molar-refractivity contribution in [2.24, 2.45) is 5.92 Å². The van der Waals surface area contributed by atoms with Crippen molar-refractivity contribution in [2.45, 2.75) is 26.4 Å². The van der Waals surface area contributed by atoms with Crippen LogP contribution in [0.4, 0.5) is 0 Å². The molecule has 1 aliphatic rings. The molecule has 0 saturated carbocycles. The van der Waals surface area contributed by atoms with Gasteiger partial charge in [0.25, 0.3) is 0 Å². The summed E-state index contributed by atoms with van der Waals surface area (Å²) in [6.07, 6.45) is 1.13. The Morgan fingerprint density at radius 2 is 2.23 bits per heavy atom. The first-order chi connectivity index (χ1) is 6.05. The van der Waals surface area contributed by atoms with Crippen LogP contribution >= 0.6 is 0 Å². The van der Waals surface area contributed by atoms with Crippen molar-refractivity contribution in [3.8, 4) is 0 Å². The lowest BCUT2D eigenvalue weighted by molar-refractivity contribution is 0.107. The van der Waals surface area contributed by atoms with E-state index in [0.717, 1.165) is 13.0 Å². The van der Waals surface area contributed by atoms with Crippen molar-refractivity contribution < 1.29 is 13.2 Å². The van der Waals surface area contributed by atoms with Crippen molar-refractivity contribution in [3.05, 3.63) is 0 Å². The number of hydrogen-bond acceptors (Lipinski definition) is 3. The molecular formula is C8H17NO3S. The summed E-state index contributed by atoms with van der Waals surface area (Å²) in [6.45, 7) is 4.88. The minimum absolute atomic E-state index is 0.148. The van der Waals surface area contributed by atoms with E-state index in [0.29, 0.717) is 12.5 Å². The fraction of sp³-hybridized carbons (Fsp3) is 1.00. The Bertz CT molecular complexity index is 250. The van der Waals surface area contributed by atoms with Crippen LogP contribution in [-0.4, -0.2) is 33.4 Å². The summed E-state index contributed by atoms with van der Waals surface area (Å²) >= 11 is 0. The zero-order valence-corrected chi connectivity index (χ0v) is 8.93. The standard InChI is InChI=1S/C8H17NO3S/c1-3-13(10,11)9-6-8-4-5-12-7(8)2/h7-9H,3-6H2,1-2H3. The Morgan fingerprint density at radius 1 is 1.54 bits per heavy atom. The number of nitrogens with one attached hydrogen (secondary N) is 1. The summed E-state index contributed by atoms with van der Waals surface area (Å²) in [4.78, 5) is 0. The molecule has 13 heavy (non-hydrogen) atoms. The molecule has 1 N–H and O–H groups in total. The molecule has 0 aromatic rings. The molecule has 1 saturated heterocycles. The first-order valence-electron chi connectivity index (χ1n) is 4.64. The SMILES string of the molecule is CCS(=O)(=O)NCC1CCOC1C. The van der Waals surface area contributed by atoms with Crippen LogP contribution < -0.4 is 4.72 Å². The molecule has 0 bridgehead atoms. The molecule has 0 spiro atoms. The zero-order chi connectivity index (χ0) is 9.90. The Morgan fingerprint density at radius 3 is 2.69 bits per heavy atom. The van der Waals surface area contributed by atoms with Crippen molar-refractivity contribution >= 4 is 10.0 Å². The minimum atomic E-state index is -3.04. The van der Waals surface area contributed by atoms with E-state index in [4.69, 9.17) is 4.74 Å². The molecule has 1 rings (SSSR count). The highest BCUT2D eigenvalue weighted by atomic mass is 32.2. The van der Waals surface area contributed by atoms with Gasteiger partial charge in [0.05, 0.1) is 11.9 Å². The summed E-state index contributed by atoms with van der Waals surface area (Å²) in [5, 5.41) is 0. The topological polar surface area (TPSA) is 55.4 Å². The maximum Gasteiger partial charge on any atom is 0.211 e. The number of rotatable bonds is 4. The molecular weight excluding hydrogens is 190 g/mol. The molecule has 0 aromatic heterocycles. The second-order valence-corrected chi connectivity index (χ2v) is 5.47. The van der Waals surface area contributed by atoms with E-state index in [2.05, 4.69) is 4.72 Å². The lowest BCUT2D eigenvalue weighted by Crippen LogP contribution is -2.32. The summed E-state index contributed by atoms with van der Waals surface area (Å²) < 4.78 is 30.1. The van der Waals surface area contributed by atoms with Gasteiger partial charge in [-0.1, -0.05) is 0 Å². The van der Waals surface area contributed by atoms with Crippen molar-refractivity contribution in [3.63, 3.8) is 0 Å². The Hall–Kier alpha value is -0.130. The van der Waals surface area contributed by atoms with Crippen molar-refractivity contribution in [2.75, 3.05) is 18.9 Å².